The summed E-state index contributed by atoms with van der Waals surface area (Å²) in [4.78, 5) is 19.9. The van der Waals surface area contributed by atoms with Crippen LogP contribution in [0.25, 0.3) is 10.9 Å². The molecular weight excluding hydrogens is 386 g/mol. The zero-order valence-corrected chi connectivity index (χ0v) is 16.9. The van der Waals surface area contributed by atoms with Gasteiger partial charge < -0.3 is 4.98 Å². The van der Waals surface area contributed by atoms with Gasteiger partial charge in [0.15, 0.2) is 0 Å². The highest BCUT2D eigenvalue weighted by molar-refractivity contribution is 6.31. The molecule has 0 bridgehead atoms. The molecule has 1 fully saturated rings. The summed E-state index contributed by atoms with van der Waals surface area (Å²) in [6, 6.07) is 15.9. The van der Waals surface area contributed by atoms with Gasteiger partial charge in [0.1, 0.15) is 0 Å². The number of carbonyl (C=O) groups excluding carboxylic acids is 1. The topological polar surface area (TPSA) is 63.7 Å². The van der Waals surface area contributed by atoms with E-state index >= 15 is 0 Å². The van der Waals surface area contributed by atoms with E-state index in [0.717, 1.165) is 59.8 Å². The smallest absolute Gasteiger partial charge is 0.254 e. The molecular formula is C22H24ClN5O. The molecule has 6 nitrogen and oxygen atoms in total. The monoisotopic (exact) mass is 409 g/mol. The molecule has 1 amide bonds. The van der Waals surface area contributed by atoms with Gasteiger partial charge in [0.25, 0.3) is 5.91 Å². The molecule has 0 radical (unpaired) electrons. The SMILES string of the molecule is O=C(CN1CCN(Cc2ccccc2Cl)CC1)NN=Cc1c[nH]c2ccccc12. The third-order valence-corrected chi connectivity index (χ3v) is 5.57. The van der Waals surface area contributed by atoms with Crippen LogP contribution < -0.4 is 5.43 Å². The highest BCUT2D eigenvalue weighted by atomic mass is 35.5. The number of halogens is 1. The van der Waals surface area contributed by atoms with Crippen LogP contribution in [-0.2, 0) is 11.3 Å². The van der Waals surface area contributed by atoms with Crippen LogP contribution in [0.1, 0.15) is 11.1 Å². The van der Waals surface area contributed by atoms with E-state index < -0.39 is 0 Å². The third-order valence-electron chi connectivity index (χ3n) is 5.20. The van der Waals surface area contributed by atoms with Crippen molar-refractivity contribution >= 4 is 34.6 Å². The standard InChI is InChI=1S/C22H24ClN5O/c23-20-7-3-1-5-17(20)15-27-9-11-28(12-10-27)16-22(29)26-25-14-18-13-24-21-8-4-2-6-19(18)21/h1-8,13-14,24H,9-12,15-16H2,(H,26,29). The molecule has 3 aromatic rings. The fourth-order valence-corrected chi connectivity index (χ4v) is 3.78. The van der Waals surface area contributed by atoms with Crippen molar-refractivity contribution in [2.45, 2.75) is 6.54 Å². The predicted molar refractivity (Wildman–Crippen MR) is 117 cm³/mol. The van der Waals surface area contributed by atoms with E-state index in [1.165, 1.54) is 0 Å². The lowest BCUT2D eigenvalue weighted by atomic mass is 10.2. The highest BCUT2D eigenvalue weighted by Crippen LogP contribution is 2.18. The summed E-state index contributed by atoms with van der Waals surface area (Å²) in [7, 11) is 0. The molecule has 0 atom stereocenters. The zero-order valence-electron chi connectivity index (χ0n) is 16.1. The van der Waals surface area contributed by atoms with Crippen molar-refractivity contribution in [3.05, 3.63) is 70.9 Å². The quantitative estimate of drug-likeness (QED) is 0.485. The number of aromatic nitrogens is 1. The van der Waals surface area contributed by atoms with Gasteiger partial charge >= 0.3 is 0 Å². The van der Waals surface area contributed by atoms with Gasteiger partial charge in [-0.15, -0.1) is 0 Å². The van der Waals surface area contributed by atoms with Crippen LogP contribution in [0.4, 0.5) is 0 Å². The van der Waals surface area contributed by atoms with E-state index in [1.54, 1.807) is 6.21 Å². The minimum Gasteiger partial charge on any atom is -0.361 e. The molecule has 2 aromatic carbocycles. The van der Waals surface area contributed by atoms with Gasteiger partial charge in [0, 0.05) is 60.4 Å². The van der Waals surface area contributed by atoms with Gasteiger partial charge in [0.2, 0.25) is 0 Å². The molecule has 1 saturated heterocycles. The average Bonchev–Trinajstić information content (AvgIpc) is 3.14. The first kappa shape index (κ1) is 19.6. The second-order valence-corrected chi connectivity index (χ2v) is 7.63. The van der Waals surface area contributed by atoms with Crippen molar-refractivity contribution in [3.8, 4) is 0 Å². The number of hydrogen-bond donors (Lipinski definition) is 2. The Kier molecular flexibility index (Phi) is 6.24. The van der Waals surface area contributed by atoms with Crippen molar-refractivity contribution in [2.24, 2.45) is 5.10 Å². The molecule has 1 aliphatic heterocycles. The Bertz CT molecular complexity index is 1010. The molecule has 2 N–H and O–H groups in total. The minimum atomic E-state index is -0.0966. The Labute approximate surface area is 175 Å². The van der Waals surface area contributed by atoms with Gasteiger partial charge in [0.05, 0.1) is 12.8 Å². The number of nitrogens with zero attached hydrogens (tertiary/aromatic N) is 3. The molecule has 1 aliphatic rings. The number of rotatable bonds is 6. The Morgan fingerprint density at radius 2 is 1.79 bits per heavy atom. The molecule has 2 heterocycles. The number of fused-ring (bicyclic) bond motifs is 1. The number of hydrogen-bond acceptors (Lipinski definition) is 4. The number of piperazine rings is 1. The fourth-order valence-electron chi connectivity index (χ4n) is 3.59. The number of aromatic amines is 1. The second kappa shape index (κ2) is 9.22. The van der Waals surface area contributed by atoms with Crippen LogP contribution in [0.5, 0.6) is 0 Å². The molecule has 0 spiro atoms. The molecule has 150 valence electrons. The van der Waals surface area contributed by atoms with E-state index in [4.69, 9.17) is 11.6 Å². The summed E-state index contributed by atoms with van der Waals surface area (Å²) < 4.78 is 0. The lowest BCUT2D eigenvalue weighted by molar-refractivity contribution is -0.122. The minimum absolute atomic E-state index is 0.0966. The van der Waals surface area contributed by atoms with Crippen molar-refractivity contribution < 1.29 is 4.79 Å². The van der Waals surface area contributed by atoms with Crippen molar-refractivity contribution in [2.75, 3.05) is 32.7 Å². The van der Waals surface area contributed by atoms with Crippen molar-refractivity contribution in [1.82, 2.24) is 20.2 Å². The Morgan fingerprint density at radius 1 is 1.07 bits per heavy atom. The number of carbonyl (C=O) groups is 1. The van der Waals surface area contributed by atoms with E-state index in [1.807, 2.05) is 48.7 Å². The van der Waals surface area contributed by atoms with E-state index in [9.17, 15) is 4.79 Å². The molecule has 0 unspecified atom stereocenters. The summed E-state index contributed by atoms with van der Waals surface area (Å²) >= 11 is 6.25. The van der Waals surface area contributed by atoms with E-state index in [2.05, 4.69) is 31.4 Å². The number of amides is 1. The summed E-state index contributed by atoms with van der Waals surface area (Å²) in [6.07, 6.45) is 3.57. The highest BCUT2D eigenvalue weighted by Gasteiger charge is 2.19. The summed E-state index contributed by atoms with van der Waals surface area (Å²) in [5.41, 5.74) is 5.78. The number of para-hydroxylation sites is 1. The normalized spacial score (nSPS) is 15.9. The average molecular weight is 410 g/mol. The Hall–Kier alpha value is -2.67. The van der Waals surface area contributed by atoms with Crippen LogP contribution in [-0.4, -0.2) is 59.6 Å². The lowest BCUT2D eigenvalue weighted by Gasteiger charge is -2.34. The molecule has 29 heavy (non-hydrogen) atoms. The summed E-state index contributed by atoms with van der Waals surface area (Å²) in [6.45, 7) is 4.72. The van der Waals surface area contributed by atoms with Crippen LogP contribution >= 0.6 is 11.6 Å². The maximum atomic E-state index is 12.2. The maximum absolute atomic E-state index is 12.2. The van der Waals surface area contributed by atoms with E-state index in [0.29, 0.717) is 6.54 Å². The molecule has 0 saturated carbocycles. The van der Waals surface area contributed by atoms with Crippen molar-refractivity contribution in [3.63, 3.8) is 0 Å². The Balaban J connectivity index is 1.22. The second-order valence-electron chi connectivity index (χ2n) is 7.23. The number of nitrogens with one attached hydrogen (secondary N) is 2. The van der Waals surface area contributed by atoms with Crippen LogP contribution in [0.2, 0.25) is 5.02 Å². The number of hydrazone groups is 1. The summed E-state index contributed by atoms with van der Waals surface area (Å²) in [5, 5.41) is 6.00. The largest absolute Gasteiger partial charge is 0.361 e. The third kappa shape index (κ3) is 5.03. The van der Waals surface area contributed by atoms with Gasteiger partial charge in [-0.3, -0.25) is 14.6 Å². The predicted octanol–water partition coefficient (Wildman–Crippen LogP) is 3.09. The number of H-pyrrole nitrogens is 1. The lowest BCUT2D eigenvalue weighted by Crippen LogP contribution is -2.48. The van der Waals surface area contributed by atoms with Gasteiger partial charge in [-0.25, -0.2) is 5.43 Å². The molecule has 7 heteroatoms. The Morgan fingerprint density at radius 3 is 2.62 bits per heavy atom. The molecule has 1 aromatic heterocycles. The fraction of sp³-hybridized carbons (Fsp3) is 0.273. The first-order valence-corrected chi connectivity index (χ1v) is 10.1. The van der Waals surface area contributed by atoms with Crippen molar-refractivity contribution in [1.29, 1.82) is 0 Å². The van der Waals surface area contributed by atoms with Crippen LogP contribution in [0.3, 0.4) is 0 Å². The zero-order chi connectivity index (χ0) is 20.1. The first-order chi connectivity index (χ1) is 14.2. The van der Waals surface area contributed by atoms with Gasteiger partial charge in [-0.05, 0) is 17.7 Å². The maximum Gasteiger partial charge on any atom is 0.254 e. The first-order valence-electron chi connectivity index (χ1n) is 9.75. The van der Waals surface area contributed by atoms with Gasteiger partial charge in [-0.1, -0.05) is 48.0 Å². The molecule has 0 aliphatic carbocycles. The summed E-state index contributed by atoms with van der Waals surface area (Å²) in [5.74, 6) is -0.0966. The van der Waals surface area contributed by atoms with Gasteiger partial charge in [-0.2, -0.15) is 5.10 Å². The van der Waals surface area contributed by atoms with E-state index in [-0.39, 0.29) is 5.91 Å². The molecule has 4 rings (SSSR count). The number of benzene rings is 2. The van der Waals surface area contributed by atoms with Crippen LogP contribution in [0.15, 0.2) is 59.8 Å². The van der Waals surface area contributed by atoms with Crippen LogP contribution in [0, 0.1) is 0 Å².